The third-order valence-electron chi connectivity index (χ3n) is 2.72. The average molecular weight is 226 g/mol. The smallest absolute Gasteiger partial charge is 0.329 e. The van der Waals surface area contributed by atoms with E-state index in [0.29, 0.717) is 19.4 Å². The first-order valence-corrected chi connectivity index (χ1v) is 5.36. The number of aliphatic carboxylic acids is 1. The van der Waals surface area contributed by atoms with E-state index in [1.54, 1.807) is 11.0 Å². The summed E-state index contributed by atoms with van der Waals surface area (Å²) in [5, 5.41) is 11.5. The maximum atomic E-state index is 11.8. The zero-order chi connectivity index (χ0) is 12.3. The molecule has 1 saturated carbocycles. The molecule has 5 heteroatoms. The van der Waals surface area contributed by atoms with Gasteiger partial charge in [-0.3, -0.25) is 0 Å². The van der Waals surface area contributed by atoms with Crippen molar-refractivity contribution in [2.75, 3.05) is 6.54 Å². The van der Waals surface area contributed by atoms with Crippen molar-refractivity contribution in [1.82, 2.24) is 10.2 Å². The minimum Gasteiger partial charge on any atom is -0.480 e. The number of carboxylic acids is 1. The Labute approximate surface area is 95.1 Å². The summed E-state index contributed by atoms with van der Waals surface area (Å²) in [5.41, 5.74) is -1.02. The van der Waals surface area contributed by atoms with Crippen LogP contribution in [0.1, 0.15) is 26.7 Å². The van der Waals surface area contributed by atoms with Crippen LogP contribution in [0.4, 0.5) is 4.79 Å². The minimum absolute atomic E-state index is 0.0163. The maximum absolute atomic E-state index is 11.8. The third-order valence-corrected chi connectivity index (χ3v) is 2.72. The number of carbonyl (C=O) groups excluding carboxylic acids is 1. The van der Waals surface area contributed by atoms with E-state index in [-0.39, 0.29) is 12.1 Å². The van der Waals surface area contributed by atoms with Crippen LogP contribution in [0.2, 0.25) is 0 Å². The van der Waals surface area contributed by atoms with Gasteiger partial charge in [-0.25, -0.2) is 9.59 Å². The lowest BCUT2D eigenvalue weighted by atomic mass is 10.2. The van der Waals surface area contributed by atoms with Gasteiger partial charge in [0.05, 0.1) is 0 Å². The molecule has 0 atom stereocenters. The Morgan fingerprint density at radius 2 is 2.12 bits per heavy atom. The molecule has 1 aliphatic rings. The Morgan fingerprint density at radius 3 is 2.44 bits per heavy atom. The van der Waals surface area contributed by atoms with Crippen LogP contribution in [0.25, 0.3) is 0 Å². The van der Waals surface area contributed by atoms with Crippen LogP contribution >= 0.6 is 0 Å². The lowest BCUT2D eigenvalue weighted by Crippen LogP contribution is -2.51. The largest absolute Gasteiger partial charge is 0.480 e. The van der Waals surface area contributed by atoms with Crippen molar-refractivity contribution in [2.24, 2.45) is 0 Å². The molecule has 1 rings (SSSR count). The molecule has 2 amide bonds. The number of urea groups is 1. The van der Waals surface area contributed by atoms with Crippen LogP contribution in [0.3, 0.4) is 0 Å². The first-order valence-electron chi connectivity index (χ1n) is 5.36. The highest BCUT2D eigenvalue weighted by molar-refractivity contribution is 5.89. The number of hydrogen-bond acceptors (Lipinski definition) is 2. The summed E-state index contributed by atoms with van der Waals surface area (Å²) in [7, 11) is 0. The lowest BCUT2D eigenvalue weighted by molar-refractivity contribution is -0.140. The Morgan fingerprint density at radius 1 is 1.56 bits per heavy atom. The number of carbonyl (C=O) groups is 2. The summed E-state index contributed by atoms with van der Waals surface area (Å²) in [6, 6.07) is -0.322. The molecular weight excluding hydrogens is 208 g/mol. The third kappa shape index (κ3) is 2.53. The van der Waals surface area contributed by atoms with Gasteiger partial charge in [-0.2, -0.15) is 0 Å². The Balaban J connectivity index is 2.62. The Kier molecular flexibility index (Phi) is 3.57. The van der Waals surface area contributed by atoms with Gasteiger partial charge in [0.2, 0.25) is 0 Å². The van der Waals surface area contributed by atoms with Crippen LogP contribution < -0.4 is 5.32 Å². The summed E-state index contributed by atoms with van der Waals surface area (Å²) in [6.45, 7) is 7.75. The standard InChI is InChI=1S/C11H18N2O3/c1-4-7-13(8(2)3)10(16)12-11(5-6-11)9(14)15/h4,8H,1,5-7H2,2-3H3,(H,12,16)(H,14,15). The van der Waals surface area contributed by atoms with E-state index >= 15 is 0 Å². The molecule has 0 aromatic rings. The molecule has 16 heavy (non-hydrogen) atoms. The van der Waals surface area contributed by atoms with Gasteiger partial charge in [-0.15, -0.1) is 6.58 Å². The monoisotopic (exact) mass is 226 g/mol. The zero-order valence-corrected chi connectivity index (χ0v) is 9.69. The fraction of sp³-hybridized carbons (Fsp3) is 0.636. The van der Waals surface area contributed by atoms with Crippen LogP contribution in [-0.4, -0.2) is 40.1 Å². The van der Waals surface area contributed by atoms with Gasteiger partial charge in [-0.05, 0) is 26.7 Å². The first-order chi connectivity index (χ1) is 7.43. The highest BCUT2D eigenvalue weighted by Gasteiger charge is 2.52. The SMILES string of the molecule is C=CCN(C(=O)NC1(C(=O)O)CC1)C(C)C. The zero-order valence-electron chi connectivity index (χ0n) is 9.69. The number of amides is 2. The number of rotatable bonds is 5. The molecule has 0 heterocycles. The summed E-state index contributed by atoms with van der Waals surface area (Å²) in [4.78, 5) is 24.3. The Hall–Kier alpha value is -1.52. The van der Waals surface area contributed by atoms with Gasteiger partial charge < -0.3 is 15.3 Å². The second-order valence-corrected chi connectivity index (χ2v) is 4.35. The molecule has 0 bridgehead atoms. The average Bonchev–Trinajstić information content (AvgIpc) is 2.94. The van der Waals surface area contributed by atoms with E-state index in [1.807, 2.05) is 13.8 Å². The van der Waals surface area contributed by atoms with Crippen LogP contribution in [0.15, 0.2) is 12.7 Å². The molecule has 1 aliphatic carbocycles. The molecule has 0 aliphatic heterocycles. The molecule has 0 aromatic carbocycles. The number of carboxylic acid groups (broad SMARTS) is 1. The molecular formula is C11H18N2O3. The van der Waals surface area contributed by atoms with Crippen molar-refractivity contribution in [3.05, 3.63) is 12.7 Å². The summed E-state index contributed by atoms with van der Waals surface area (Å²) < 4.78 is 0. The normalized spacial score (nSPS) is 16.7. The van der Waals surface area contributed by atoms with E-state index in [2.05, 4.69) is 11.9 Å². The van der Waals surface area contributed by atoms with Gasteiger partial charge in [0.25, 0.3) is 0 Å². The Bertz CT molecular complexity index is 308. The summed E-state index contributed by atoms with van der Waals surface area (Å²) >= 11 is 0. The maximum Gasteiger partial charge on any atom is 0.329 e. The van der Waals surface area contributed by atoms with Crippen molar-refractivity contribution in [2.45, 2.75) is 38.3 Å². The lowest BCUT2D eigenvalue weighted by Gasteiger charge is -2.27. The van der Waals surface area contributed by atoms with Gasteiger partial charge in [0.15, 0.2) is 0 Å². The number of nitrogens with one attached hydrogen (secondary N) is 1. The van der Waals surface area contributed by atoms with Crippen LogP contribution in [0.5, 0.6) is 0 Å². The van der Waals surface area contributed by atoms with Crippen molar-refractivity contribution >= 4 is 12.0 Å². The molecule has 5 nitrogen and oxygen atoms in total. The molecule has 0 aromatic heterocycles. The molecule has 0 saturated heterocycles. The van der Waals surface area contributed by atoms with Gasteiger partial charge in [0.1, 0.15) is 5.54 Å². The van der Waals surface area contributed by atoms with E-state index in [1.165, 1.54) is 0 Å². The molecule has 0 unspecified atom stereocenters. The number of nitrogens with zero attached hydrogens (tertiary/aromatic N) is 1. The molecule has 90 valence electrons. The fourth-order valence-corrected chi connectivity index (χ4v) is 1.46. The second kappa shape index (κ2) is 4.55. The minimum atomic E-state index is -1.02. The second-order valence-electron chi connectivity index (χ2n) is 4.35. The van der Waals surface area contributed by atoms with Gasteiger partial charge in [-0.1, -0.05) is 6.08 Å². The highest BCUT2D eigenvalue weighted by Crippen LogP contribution is 2.35. The van der Waals surface area contributed by atoms with E-state index in [4.69, 9.17) is 5.11 Å². The van der Waals surface area contributed by atoms with Crippen molar-refractivity contribution in [3.8, 4) is 0 Å². The topological polar surface area (TPSA) is 69.6 Å². The molecule has 1 fully saturated rings. The van der Waals surface area contributed by atoms with E-state index in [9.17, 15) is 9.59 Å². The quantitative estimate of drug-likeness (QED) is 0.692. The molecule has 2 N–H and O–H groups in total. The van der Waals surface area contributed by atoms with E-state index in [0.717, 1.165) is 0 Å². The first kappa shape index (κ1) is 12.5. The van der Waals surface area contributed by atoms with Crippen LogP contribution in [0, 0.1) is 0 Å². The van der Waals surface area contributed by atoms with Gasteiger partial charge in [0, 0.05) is 12.6 Å². The summed E-state index contributed by atoms with van der Waals surface area (Å²) in [6.07, 6.45) is 2.64. The van der Waals surface area contributed by atoms with Crippen molar-refractivity contribution in [1.29, 1.82) is 0 Å². The van der Waals surface area contributed by atoms with Crippen molar-refractivity contribution < 1.29 is 14.7 Å². The predicted molar refractivity (Wildman–Crippen MR) is 60.2 cm³/mol. The van der Waals surface area contributed by atoms with Crippen molar-refractivity contribution in [3.63, 3.8) is 0 Å². The van der Waals surface area contributed by atoms with Gasteiger partial charge >= 0.3 is 12.0 Å². The molecule has 0 spiro atoms. The number of hydrogen-bond donors (Lipinski definition) is 2. The highest BCUT2D eigenvalue weighted by atomic mass is 16.4. The summed E-state index contributed by atoms with van der Waals surface area (Å²) in [5.74, 6) is -0.955. The molecule has 0 radical (unpaired) electrons. The fourth-order valence-electron chi connectivity index (χ4n) is 1.46. The predicted octanol–water partition coefficient (Wildman–Crippen LogP) is 1.21. The van der Waals surface area contributed by atoms with E-state index < -0.39 is 11.5 Å². The van der Waals surface area contributed by atoms with Crippen LogP contribution in [-0.2, 0) is 4.79 Å².